The lowest BCUT2D eigenvalue weighted by Gasteiger charge is -2.35. The van der Waals surface area contributed by atoms with Gasteiger partial charge in [0, 0.05) is 33.9 Å². The zero-order chi connectivity index (χ0) is 60.2. The molecule has 426 valence electrons. The van der Waals surface area contributed by atoms with E-state index in [1.807, 2.05) is 0 Å². The first-order valence-corrected chi connectivity index (χ1v) is 31.3. The van der Waals surface area contributed by atoms with E-state index in [1.54, 1.807) is 0 Å². The van der Waals surface area contributed by atoms with Crippen LogP contribution in [0.1, 0.15) is 55.6 Å². The van der Waals surface area contributed by atoms with Crippen molar-refractivity contribution in [3.63, 3.8) is 0 Å². The van der Waals surface area contributed by atoms with Crippen molar-refractivity contribution in [3.05, 3.63) is 407 Å². The molecule has 2 heteroatoms. The highest BCUT2D eigenvalue weighted by Gasteiger charge is 2.48. The van der Waals surface area contributed by atoms with E-state index in [1.165, 1.54) is 89.0 Å². The first-order chi connectivity index (χ1) is 44.5. The topological polar surface area (TPSA) is 6.48 Å². The van der Waals surface area contributed by atoms with Gasteiger partial charge in [-0.2, -0.15) is 0 Å². The van der Waals surface area contributed by atoms with Crippen LogP contribution in [0.2, 0.25) is 0 Å². The highest BCUT2D eigenvalue weighted by Crippen LogP contribution is 2.60. The predicted molar refractivity (Wildman–Crippen MR) is 376 cm³/mol. The molecule has 90 heavy (non-hydrogen) atoms. The number of hydrogen-bond acceptors (Lipinski definition) is 2. The molecule has 0 atom stereocenters. The Morgan fingerprint density at radius 1 is 0.200 bits per heavy atom. The second-order valence-corrected chi connectivity index (χ2v) is 24.0. The van der Waals surface area contributed by atoms with Gasteiger partial charge in [0.1, 0.15) is 0 Å². The van der Waals surface area contributed by atoms with E-state index < -0.39 is 10.8 Å². The van der Waals surface area contributed by atoms with Crippen LogP contribution in [0.5, 0.6) is 0 Å². The summed E-state index contributed by atoms with van der Waals surface area (Å²) in [7, 11) is 0. The summed E-state index contributed by atoms with van der Waals surface area (Å²) >= 11 is 0. The Morgan fingerprint density at radius 3 is 0.789 bits per heavy atom. The van der Waals surface area contributed by atoms with Crippen molar-refractivity contribution in [3.8, 4) is 55.6 Å². The molecule has 0 bridgehead atoms. The molecule has 2 aliphatic carbocycles. The van der Waals surface area contributed by atoms with E-state index >= 15 is 0 Å². The van der Waals surface area contributed by atoms with Crippen LogP contribution >= 0.6 is 0 Å². The Kier molecular flexibility index (Phi) is 13.5. The molecule has 0 N–H and O–H groups in total. The maximum absolute atomic E-state index is 2.49. The number of hydrogen-bond donors (Lipinski definition) is 0. The molecule has 0 aliphatic heterocycles. The molecule has 2 aliphatic rings. The standard InChI is InChI=1S/C88H64N2/c1-61-57-69(89(85-47-27-23-41-75(85)63-29-9-3-10-30-63)71-51-55-79-77-43-21-25-45-81(77)87(83(79)59-71,65-33-13-5-14-34-65)66-35-15-6-16-36-66)49-53-73(61)74-54-50-70(58-62(74)2)90(86-48-28-24-42-76(86)64-31-11-4-12-32-64)72-52-56-80-78-44-22-26-46-82(78)88(84(80)60-72,67-37-17-7-18-38-67)68-39-19-8-20-40-68/h3-60H,1-2H3. The van der Waals surface area contributed by atoms with Crippen LogP contribution in [-0.2, 0) is 10.8 Å². The number of rotatable bonds is 13. The lowest BCUT2D eigenvalue weighted by Crippen LogP contribution is -2.28. The van der Waals surface area contributed by atoms with Gasteiger partial charge in [0.25, 0.3) is 0 Å². The SMILES string of the molecule is Cc1cc(N(c2ccc3c(c2)C(c2ccccc2)(c2ccccc2)c2ccccc2-3)c2ccccc2-c2ccccc2)ccc1-c1ccc(N(c2ccc3c(c2)C(c2ccccc2)(c2ccccc2)c2ccccc2-3)c2ccccc2-c2ccccc2)cc1C. The van der Waals surface area contributed by atoms with Gasteiger partial charge in [-0.15, -0.1) is 0 Å². The minimum absolute atomic E-state index is 0.556. The summed E-state index contributed by atoms with van der Waals surface area (Å²) in [6.07, 6.45) is 0. The summed E-state index contributed by atoms with van der Waals surface area (Å²) in [5.74, 6) is 0. The Labute approximate surface area is 528 Å². The average molecular weight is 1150 g/mol. The minimum Gasteiger partial charge on any atom is -0.310 e. The Hall–Kier alpha value is -11.3. The molecule has 0 radical (unpaired) electrons. The molecule has 0 saturated heterocycles. The summed E-state index contributed by atoms with van der Waals surface area (Å²) in [6.45, 7) is 4.55. The van der Waals surface area contributed by atoms with Crippen LogP contribution in [0.3, 0.4) is 0 Å². The van der Waals surface area contributed by atoms with Gasteiger partial charge in [-0.25, -0.2) is 0 Å². The fraction of sp³-hybridized carbons (Fsp3) is 0.0455. The van der Waals surface area contributed by atoms with Gasteiger partial charge >= 0.3 is 0 Å². The van der Waals surface area contributed by atoms with Crippen molar-refractivity contribution in [2.24, 2.45) is 0 Å². The first kappa shape index (κ1) is 54.1. The highest BCUT2D eigenvalue weighted by atomic mass is 15.2. The maximum Gasteiger partial charge on any atom is 0.0714 e. The van der Waals surface area contributed by atoms with Crippen LogP contribution in [0.15, 0.2) is 352 Å². The van der Waals surface area contributed by atoms with Crippen LogP contribution in [0.25, 0.3) is 55.6 Å². The van der Waals surface area contributed by atoms with Gasteiger partial charge in [0.15, 0.2) is 0 Å². The van der Waals surface area contributed by atoms with Crippen molar-refractivity contribution in [1.82, 2.24) is 0 Å². The molecule has 0 spiro atoms. The number of benzene rings is 14. The third-order valence-corrected chi connectivity index (χ3v) is 19.1. The molecule has 14 aromatic carbocycles. The van der Waals surface area contributed by atoms with Crippen molar-refractivity contribution in [2.75, 3.05) is 9.80 Å². The summed E-state index contributed by atoms with van der Waals surface area (Å²) in [6, 6.07) is 130. The van der Waals surface area contributed by atoms with E-state index in [0.717, 1.165) is 56.4 Å². The van der Waals surface area contributed by atoms with E-state index in [0.29, 0.717) is 0 Å². The van der Waals surface area contributed by atoms with Gasteiger partial charge in [0.05, 0.1) is 22.2 Å². The van der Waals surface area contributed by atoms with Crippen LogP contribution in [0, 0.1) is 13.8 Å². The molecule has 0 aromatic heterocycles. The molecular formula is C88H64N2. The minimum atomic E-state index is -0.556. The molecule has 0 fully saturated rings. The quantitative estimate of drug-likeness (QED) is 0.114. The van der Waals surface area contributed by atoms with E-state index in [2.05, 4.69) is 375 Å². The summed E-state index contributed by atoms with van der Waals surface area (Å²) in [5.41, 5.74) is 29.9. The third kappa shape index (κ3) is 8.70. The zero-order valence-corrected chi connectivity index (χ0v) is 50.4. The molecule has 0 saturated carbocycles. The monoisotopic (exact) mass is 1150 g/mol. The number of para-hydroxylation sites is 2. The lowest BCUT2D eigenvalue weighted by atomic mass is 9.67. The van der Waals surface area contributed by atoms with Crippen molar-refractivity contribution < 1.29 is 0 Å². The molecule has 0 amide bonds. The number of anilines is 6. The average Bonchev–Trinajstić information content (AvgIpc) is 1.53. The van der Waals surface area contributed by atoms with Crippen molar-refractivity contribution >= 4 is 34.1 Å². The number of fused-ring (bicyclic) bond motifs is 6. The normalized spacial score (nSPS) is 13.0. The van der Waals surface area contributed by atoms with Gasteiger partial charge in [-0.1, -0.05) is 291 Å². The second-order valence-electron chi connectivity index (χ2n) is 24.0. The molecule has 14 aromatic rings. The van der Waals surface area contributed by atoms with Crippen LogP contribution in [0.4, 0.5) is 34.1 Å². The van der Waals surface area contributed by atoms with E-state index in [4.69, 9.17) is 0 Å². The molecule has 0 heterocycles. The molecule has 0 unspecified atom stereocenters. The second kappa shape index (κ2) is 22.4. The van der Waals surface area contributed by atoms with Gasteiger partial charge in [-0.05, 0) is 175 Å². The van der Waals surface area contributed by atoms with E-state index in [-0.39, 0.29) is 0 Å². The summed E-state index contributed by atoms with van der Waals surface area (Å²) < 4.78 is 0. The lowest BCUT2D eigenvalue weighted by molar-refractivity contribution is 0.768. The fourth-order valence-electron chi connectivity index (χ4n) is 15.2. The fourth-order valence-corrected chi connectivity index (χ4v) is 15.2. The van der Waals surface area contributed by atoms with Gasteiger partial charge < -0.3 is 9.80 Å². The Balaban J connectivity index is 0.851. The number of nitrogens with zero attached hydrogens (tertiary/aromatic N) is 2. The largest absolute Gasteiger partial charge is 0.310 e. The summed E-state index contributed by atoms with van der Waals surface area (Å²) in [5, 5.41) is 0. The molecule has 16 rings (SSSR count). The third-order valence-electron chi connectivity index (χ3n) is 19.1. The van der Waals surface area contributed by atoms with Crippen molar-refractivity contribution in [1.29, 1.82) is 0 Å². The van der Waals surface area contributed by atoms with Crippen molar-refractivity contribution in [2.45, 2.75) is 24.7 Å². The predicted octanol–water partition coefficient (Wildman–Crippen LogP) is 23.0. The molecule has 2 nitrogen and oxygen atoms in total. The Morgan fingerprint density at radius 2 is 0.456 bits per heavy atom. The Bertz CT molecular complexity index is 4560. The van der Waals surface area contributed by atoms with Gasteiger partial charge in [-0.3, -0.25) is 0 Å². The van der Waals surface area contributed by atoms with Crippen LogP contribution in [-0.4, -0.2) is 0 Å². The van der Waals surface area contributed by atoms with Gasteiger partial charge in [0.2, 0.25) is 0 Å². The first-order valence-electron chi connectivity index (χ1n) is 31.3. The maximum atomic E-state index is 2.49. The van der Waals surface area contributed by atoms with Crippen LogP contribution < -0.4 is 9.80 Å². The number of aryl methyl sites for hydroxylation is 2. The highest BCUT2D eigenvalue weighted by molar-refractivity contribution is 5.96. The molecular weight excluding hydrogens is 1080 g/mol. The van der Waals surface area contributed by atoms with E-state index in [9.17, 15) is 0 Å². The summed E-state index contributed by atoms with van der Waals surface area (Å²) in [4.78, 5) is 4.97. The zero-order valence-electron chi connectivity index (χ0n) is 50.4. The smallest absolute Gasteiger partial charge is 0.0714 e.